The third-order valence-corrected chi connectivity index (χ3v) is 2.62. The van der Waals surface area contributed by atoms with Crippen LogP contribution in [-0.2, 0) is 4.79 Å². The summed E-state index contributed by atoms with van der Waals surface area (Å²) in [6, 6.07) is 6.97. The Morgan fingerprint density at radius 3 is 2.87 bits per heavy atom. The molecule has 1 aromatic carbocycles. The zero-order valence-corrected chi connectivity index (χ0v) is 7.96. The van der Waals surface area contributed by atoms with Gasteiger partial charge in [-0.1, -0.05) is 18.2 Å². The summed E-state index contributed by atoms with van der Waals surface area (Å²) in [7, 11) is 0. The third-order valence-electron chi connectivity index (χ3n) is 2.62. The third kappa shape index (κ3) is 1.56. The van der Waals surface area contributed by atoms with Gasteiger partial charge in [-0.25, -0.2) is 5.01 Å². The Bertz CT molecular complexity index is 405. The molecule has 1 aliphatic rings. The topological polar surface area (TPSA) is 70.0 Å². The van der Waals surface area contributed by atoms with E-state index >= 15 is 0 Å². The zero-order valence-electron chi connectivity index (χ0n) is 7.96. The summed E-state index contributed by atoms with van der Waals surface area (Å²) in [4.78, 5) is 21.5. The molecule has 0 saturated heterocycles. The lowest BCUT2D eigenvalue weighted by molar-refractivity contribution is -0.139. The van der Waals surface area contributed by atoms with E-state index in [1.54, 1.807) is 24.3 Å². The van der Waals surface area contributed by atoms with Gasteiger partial charge >= 0.3 is 5.97 Å². The number of hydrogen-bond acceptors (Lipinski definition) is 3. The van der Waals surface area contributed by atoms with Crippen LogP contribution in [0.5, 0.6) is 0 Å². The molecular weight excluding hydrogens is 196 g/mol. The van der Waals surface area contributed by atoms with Gasteiger partial charge in [-0.05, 0) is 18.1 Å². The molecule has 78 valence electrons. The van der Waals surface area contributed by atoms with Crippen LogP contribution in [0.15, 0.2) is 29.6 Å². The van der Waals surface area contributed by atoms with Crippen molar-refractivity contribution in [3.05, 3.63) is 34.7 Å². The maximum Gasteiger partial charge on any atom is 0.311 e. The summed E-state index contributed by atoms with van der Waals surface area (Å²) in [5.41, 5.74) is 1.27. The zero-order chi connectivity index (χ0) is 10.8. The van der Waals surface area contributed by atoms with Gasteiger partial charge in [-0.3, -0.25) is 4.79 Å². The number of carboxylic acids is 1. The molecule has 1 unspecified atom stereocenters. The number of carboxylic acid groups (broad SMARTS) is 1. The van der Waals surface area contributed by atoms with Crippen molar-refractivity contribution in [2.45, 2.75) is 12.3 Å². The molecule has 1 aliphatic heterocycles. The number of nitrogens with zero attached hydrogens (tertiary/aromatic N) is 2. The highest BCUT2D eigenvalue weighted by Gasteiger charge is 2.29. The summed E-state index contributed by atoms with van der Waals surface area (Å²) in [5.74, 6) is -1.38. The first-order valence-electron chi connectivity index (χ1n) is 4.66. The fourth-order valence-corrected chi connectivity index (χ4v) is 1.89. The summed E-state index contributed by atoms with van der Waals surface area (Å²) in [6.45, 7) is 0.359. The van der Waals surface area contributed by atoms with Crippen LogP contribution in [0, 0.1) is 4.91 Å². The Morgan fingerprint density at radius 2 is 2.20 bits per heavy atom. The smallest absolute Gasteiger partial charge is 0.311 e. The average molecular weight is 206 g/mol. The molecule has 1 N–H and O–H groups in total. The first-order chi connectivity index (χ1) is 7.24. The quantitative estimate of drug-likeness (QED) is 0.748. The van der Waals surface area contributed by atoms with E-state index in [2.05, 4.69) is 5.29 Å². The standard InChI is InChI=1S/C10H10N2O3/c13-10(14)8-5-6-12(11-15)9-4-2-1-3-7(8)9/h1-4,8H,5-6H2,(H,13,14). The van der Waals surface area contributed by atoms with Crippen molar-refractivity contribution in [1.82, 2.24) is 0 Å². The molecule has 0 fully saturated rings. The maximum absolute atomic E-state index is 11.0. The number of anilines is 1. The van der Waals surface area contributed by atoms with Crippen molar-refractivity contribution in [2.75, 3.05) is 11.6 Å². The van der Waals surface area contributed by atoms with Crippen LogP contribution in [-0.4, -0.2) is 17.6 Å². The molecule has 1 atom stereocenters. The minimum atomic E-state index is -0.854. The molecule has 1 aromatic rings. The van der Waals surface area contributed by atoms with Crippen LogP contribution >= 0.6 is 0 Å². The largest absolute Gasteiger partial charge is 0.481 e. The normalized spacial score (nSPS) is 19.5. The van der Waals surface area contributed by atoms with E-state index < -0.39 is 11.9 Å². The lowest BCUT2D eigenvalue weighted by Gasteiger charge is -2.27. The van der Waals surface area contributed by atoms with E-state index in [9.17, 15) is 9.70 Å². The van der Waals surface area contributed by atoms with E-state index in [1.807, 2.05) is 0 Å². The number of para-hydroxylation sites is 1. The van der Waals surface area contributed by atoms with Gasteiger partial charge in [0.2, 0.25) is 0 Å². The first-order valence-corrected chi connectivity index (χ1v) is 4.66. The van der Waals surface area contributed by atoms with Crippen LogP contribution in [0.25, 0.3) is 0 Å². The highest BCUT2D eigenvalue weighted by molar-refractivity contribution is 5.80. The van der Waals surface area contributed by atoms with E-state index in [4.69, 9.17) is 5.11 Å². The molecule has 5 heteroatoms. The van der Waals surface area contributed by atoms with Crippen molar-refractivity contribution in [2.24, 2.45) is 5.29 Å². The van der Waals surface area contributed by atoms with Crippen LogP contribution in [0.4, 0.5) is 5.69 Å². The predicted octanol–water partition coefficient (Wildman–Crippen LogP) is 1.75. The molecule has 0 aromatic heterocycles. The van der Waals surface area contributed by atoms with Gasteiger partial charge in [0.05, 0.1) is 16.9 Å². The fourth-order valence-electron chi connectivity index (χ4n) is 1.89. The van der Waals surface area contributed by atoms with E-state index in [-0.39, 0.29) is 0 Å². The van der Waals surface area contributed by atoms with Crippen molar-refractivity contribution < 1.29 is 9.90 Å². The number of rotatable bonds is 2. The molecule has 2 rings (SSSR count). The molecule has 0 aliphatic carbocycles. The van der Waals surface area contributed by atoms with Crippen LogP contribution < -0.4 is 5.01 Å². The Balaban J connectivity index is 2.47. The number of aliphatic carboxylic acids is 1. The second-order valence-corrected chi connectivity index (χ2v) is 3.44. The molecule has 0 amide bonds. The van der Waals surface area contributed by atoms with Gasteiger partial charge in [-0.15, -0.1) is 4.91 Å². The Morgan fingerprint density at radius 1 is 1.47 bits per heavy atom. The summed E-state index contributed by atoms with van der Waals surface area (Å²) >= 11 is 0. The van der Waals surface area contributed by atoms with Crippen molar-refractivity contribution in [3.63, 3.8) is 0 Å². The summed E-state index contributed by atoms with van der Waals surface area (Å²) in [6.07, 6.45) is 0.415. The second kappa shape index (κ2) is 3.68. The second-order valence-electron chi connectivity index (χ2n) is 3.44. The number of nitroso groups, excluding NO2 is 1. The van der Waals surface area contributed by atoms with Gasteiger partial charge in [0, 0.05) is 6.54 Å². The van der Waals surface area contributed by atoms with Gasteiger partial charge in [0.15, 0.2) is 0 Å². The van der Waals surface area contributed by atoms with Crippen molar-refractivity contribution in [1.29, 1.82) is 0 Å². The molecule has 0 saturated carbocycles. The first kappa shape index (κ1) is 9.64. The minimum Gasteiger partial charge on any atom is -0.481 e. The van der Waals surface area contributed by atoms with E-state index in [1.165, 1.54) is 5.01 Å². The lowest BCUT2D eigenvalue weighted by Crippen LogP contribution is -2.29. The van der Waals surface area contributed by atoms with Gasteiger partial charge < -0.3 is 5.11 Å². The van der Waals surface area contributed by atoms with Crippen LogP contribution in [0.2, 0.25) is 0 Å². The number of hydrogen-bond donors (Lipinski definition) is 1. The van der Waals surface area contributed by atoms with E-state index in [0.717, 1.165) is 0 Å². The molecule has 15 heavy (non-hydrogen) atoms. The summed E-state index contributed by atoms with van der Waals surface area (Å²) < 4.78 is 0. The predicted molar refractivity (Wildman–Crippen MR) is 54.6 cm³/mol. The number of benzene rings is 1. The minimum absolute atomic E-state index is 0.359. The Hall–Kier alpha value is -1.91. The summed E-state index contributed by atoms with van der Waals surface area (Å²) in [5, 5.41) is 13.2. The SMILES string of the molecule is O=NN1CCC(C(=O)O)c2ccccc21. The number of fused-ring (bicyclic) bond motifs is 1. The molecule has 5 nitrogen and oxygen atoms in total. The van der Waals surface area contributed by atoms with Gasteiger partial charge in [0.1, 0.15) is 0 Å². The van der Waals surface area contributed by atoms with Crippen LogP contribution in [0.1, 0.15) is 17.9 Å². The molecule has 0 radical (unpaired) electrons. The molecular formula is C10H10N2O3. The number of carbonyl (C=O) groups is 1. The Kier molecular flexibility index (Phi) is 2.37. The molecule has 0 spiro atoms. The lowest BCUT2D eigenvalue weighted by atomic mass is 9.91. The molecule has 1 heterocycles. The highest BCUT2D eigenvalue weighted by atomic mass is 16.4. The van der Waals surface area contributed by atoms with E-state index in [0.29, 0.717) is 24.2 Å². The Labute approximate surface area is 86.3 Å². The van der Waals surface area contributed by atoms with Crippen molar-refractivity contribution in [3.8, 4) is 0 Å². The average Bonchev–Trinajstić information content (AvgIpc) is 2.27. The maximum atomic E-state index is 11.0. The fraction of sp³-hybridized carbons (Fsp3) is 0.300. The monoisotopic (exact) mass is 206 g/mol. The van der Waals surface area contributed by atoms with Gasteiger partial charge in [0.25, 0.3) is 0 Å². The highest BCUT2D eigenvalue weighted by Crippen LogP contribution is 2.35. The van der Waals surface area contributed by atoms with Crippen molar-refractivity contribution >= 4 is 11.7 Å². The molecule has 0 bridgehead atoms. The van der Waals surface area contributed by atoms with Gasteiger partial charge in [-0.2, -0.15) is 0 Å². The van der Waals surface area contributed by atoms with Crippen LogP contribution in [0.3, 0.4) is 0 Å².